The highest BCUT2D eigenvalue weighted by molar-refractivity contribution is 5.73. The molecular weight excluding hydrogens is 256 g/mol. The Morgan fingerprint density at radius 3 is 2.70 bits per heavy atom. The van der Waals surface area contributed by atoms with Crippen molar-refractivity contribution in [2.45, 2.75) is 25.9 Å². The zero-order valence-corrected chi connectivity index (χ0v) is 11.6. The molecule has 1 aromatic carbocycles. The van der Waals surface area contributed by atoms with E-state index < -0.39 is 12.0 Å². The summed E-state index contributed by atoms with van der Waals surface area (Å²) in [5, 5.41) is 9.11. The van der Waals surface area contributed by atoms with Crippen LogP contribution >= 0.6 is 0 Å². The van der Waals surface area contributed by atoms with Gasteiger partial charge in [0.25, 0.3) is 0 Å². The summed E-state index contributed by atoms with van der Waals surface area (Å²) < 4.78 is 5.67. The molecule has 0 aliphatic heterocycles. The second-order valence-corrected chi connectivity index (χ2v) is 4.66. The highest BCUT2D eigenvalue weighted by Gasteiger charge is 2.21. The Balaban J connectivity index is 2.08. The number of nitrogens with zero attached hydrogens (tertiary/aromatic N) is 2. The number of likely N-dealkylation sites (N-methyl/N-ethyl adjacent to an activating group) is 1. The second-order valence-electron chi connectivity index (χ2n) is 4.66. The van der Waals surface area contributed by atoms with E-state index in [1.165, 1.54) is 0 Å². The van der Waals surface area contributed by atoms with E-state index in [-0.39, 0.29) is 0 Å². The summed E-state index contributed by atoms with van der Waals surface area (Å²) in [7, 11) is 1.76. The highest BCUT2D eigenvalue weighted by Crippen LogP contribution is 2.20. The number of carbonyl (C=O) groups is 1. The average Bonchev–Trinajstić information content (AvgIpc) is 2.88. The highest BCUT2D eigenvalue weighted by atomic mass is 16.4. The van der Waals surface area contributed by atoms with Crippen molar-refractivity contribution in [2.75, 3.05) is 7.05 Å². The van der Waals surface area contributed by atoms with Gasteiger partial charge in [-0.2, -0.15) is 0 Å². The summed E-state index contributed by atoms with van der Waals surface area (Å²) in [5.41, 5.74) is 0.958. The number of carboxylic acid groups (broad SMARTS) is 1. The zero-order chi connectivity index (χ0) is 14.5. The summed E-state index contributed by atoms with van der Waals surface area (Å²) in [5.74, 6) is 0.383. The van der Waals surface area contributed by atoms with Crippen LogP contribution in [0.25, 0.3) is 11.3 Å². The van der Waals surface area contributed by atoms with E-state index in [9.17, 15) is 4.79 Å². The lowest BCUT2D eigenvalue weighted by molar-refractivity contribution is -0.143. The van der Waals surface area contributed by atoms with E-state index >= 15 is 0 Å². The largest absolute Gasteiger partial charge is 0.480 e. The maximum atomic E-state index is 11.1. The molecule has 1 heterocycles. The third-order valence-corrected chi connectivity index (χ3v) is 3.20. The number of aliphatic carboxylic acids is 1. The Labute approximate surface area is 117 Å². The molecule has 20 heavy (non-hydrogen) atoms. The van der Waals surface area contributed by atoms with Gasteiger partial charge < -0.3 is 9.52 Å². The first-order chi connectivity index (χ1) is 9.61. The number of benzene rings is 1. The maximum Gasteiger partial charge on any atom is 0.320 e. The van der Waals surface area contributed by atoms with Gasteiger partial charge in [-0.15, -0.1) is 0 Å². The molecule has 0 radical (unpaired) electrons. The molecule has 5 heteroatoms. The molecule has 1 unspecified atom stereocenters. The van der Waals surface area contributed by atoms with E-state index in [2.05, 4.69) is 4.98 Å². The van der Waals surface area contributed by atoms with Gasteiger partial charge in [0.05, 0.1) is 12.7 Å². The van der Waals surface area contributed by atoms with Gasteiger partial charge in [-0.3, -0.25) is 9.69 Å². The van der Waals surface area contributed by atoms with Gasteiger partial charge in [-0.1, -0.05) is 37.3 Å². The summed E-state index contributed by atoms with van der Waals surface area (Å²) >= 11 is 0. The first-order valence-corrected chi connectivity index (χ1v) is 6.55. The lowest BCUT2D eigenvalue weighted by Crippen LogP contribution is -2.37. The molecule has 106 valence electrons. The lowest BCUT2D eigenvalue weighted by atomic mass is 10.2. The quantitative estimate of drug-likeness (QED) is 0.877. The summed E-state index contributed by atoms with van der Waals surface area (Å²) in [4.78, 5) is 17.0. The van der Waals surface area contributed by atoms with Crippen LogP contribution in [0.5, 0.6) is 0 Å². The van der Waals surface area contributed by atoms with Gasteiger partial charge in [0.15, 0.2) is 5.76 Å². The summed E-state index contributed by atoms with van der Waals surface area (Å²) in [6.07, 6.45) is 2.21. The van der Waals surface area contributed by atoms with Crippen LogP contribution in [0.2, 0.25) is 0 Å². The molecule has 0 fully saturated rings. The molecular formula is C15H18N2O3. The van der Waals surface area contributed by atoms with Crippen LogP contribution in [0.3, 0.4) is 0 Å². The van der Waals surface area contributed by atoms with Crippen LogP contribution < -0.4 is 0 Å². The van der Waals surface area contributed by atoms with Crippen molar-refractivity contribution in [3.63, 3.8) is 0 Å². The van der Waals surface area contributed by atoms with Crippen molar-refractivity contribution in [1.82, 2.24) is 9.88 Å². The van der Waals surface area contributed by atoms with Gasteiger partial charge in [-0.05, 0) is 13.5 Å². The summed E-state index contributed by atoms with van der Waals surface area (Å²) in [6, 6.07) is 9.16. The van der Waals surface area contributed by atoms with Gasteiger partial charge in [-0.25, -0.2) is 4.98 Å². The van der Waals surface area contributed by atoms with Crippen molar-refractivity contribution in [1.29, 1.82) is 0 Å². The van der Waals surface area contributed by atoms with Crippen LogP contribution in [-0.4, -0.2) is 34.0 Å². The van der Waals surface area contributed by atoms with Crippen LogP contribution in [-0.2, 0) is 11.3 Å². The van der Waals surface area contributed by atoms with Crippen molar-refractivity contribution in [2.24, 2.45) is 0 Å². The van der Waals surface area contributed by atoms with Gasteiger partial charge in [0.2, 0.25) is 5.89 Å². The van der Waals surface area contributed by atoms with Gasteiger partial charge in [0.1, 0.15) is 6.04 Å². The first kappa shape index (κ1) is 14.3. The Morgan fingerprint density at radius 1 is 1.40 bits per heavy atom. The molecule has 0 spiro atoms. The summed E-state index contributed by atoms with van der Waals surface area (Å²) in [6.45, 7) is 2.22. The Bertz CT molecular complexity index is 566. The van der Waals surface area contributed by atoms with Gasteiger partial charge >= 0.3 is 5.97 Å². The Kier molecular flexibility index (Phi) is 4.53. The average molecular weight is 274 g/mol. The van der Waals surface area contributed by atoms with Crippen LogP contribution in [0.1, 0.15) is 19.2 Å². The molecule has 0 bridgehead atoms. The molecule has 1 N–H and O–H groups in total. The zero-order valence-electron chi connectivity index (χ0n) is 11.6. The van der Waals surface area contributed by atoms with Crippen molar-refractivity contribution >= 4 is 5.97 Å². The minimum atomic E-state index is -0.829. The van der Waals surface area contributed by atoms with E-state index in [0.717, 1.165) is 5.56 Å². The van der Waals surface area contributed by atoms with E-state index in [1.54, 1.807) is 18.1 Å². The molecule has 0 amide bonds. The predicted molar refractivity (Wildman–Crippen MR) is 75.1 cm³/mol. The molecule has 0 saturated carbocycles. The fourth-order valence-electron chi connectivity index (χ4n) is 2.12. The third-order valence-electron chi connectivity index (χ3n) is 3.20. The molecule has 5 nitrogen and oxygen atoms in total. The minimum absolute atomic E-state index is 0.373. The van der Waals surface area contributed by atoms with Crippen molar-refractivity contribution in [3.8, 4) is 11.3 Å². The number of rotatable bonds is 6. The second kappa shape index (κ2) is 6.34. The number of aromatic nitrogens is 1. The molecule has 0 aliphatic carbocycles. The number of hydrogen-bond donors (Lipinski definition) is 1. The number of carboxylic acids is 1. The molecule has 1 atom stereocenters. The SMILES string of the molecule is CCC(C(=O)O)N(C)Cc1ncc(-c2ccccc2)o1. The van der Waals surface area contributed by atoms with Crippen molar-refractivity contribution < 1.29 is 14.3 Å². The van der Waals surface area contributed by atoms with Crippen LogP contribution in [0.4, 0.5) is 0 Å². The topological polar surface area (TPSA) is 66.6 Å². The van der Waals surface area contributed by atoms with E-state index in [0.29, 0.717) is 24.6 Å². The molecule has 2 rings (SSSR count). The van der Waals surface area contributed by atoms with Crippen molar-refractivity contribution in [3.05, 3.63) is 42.4 Å². The lowest BCUT2D eigenvalue weighted by Gasteiger charge is -2.21. The fourth-order valence-corrected chi connectivity index (χ4v) is 2.12. The normalized spacial score (nSPS) is 12.6. The Hall–Kier alpha value is -2.14. The first-order valence-electron chi connectivity index (χ1n) is 6.55. The predicted octanol–water partition coefficient (Wildman–Crippen LogP) is 2.64. The Morgan fingerprint density at radius 2 is 2.10 bits per heavy atom. The monoisotopic (exact) mass is 274 g/mol. The van der Waals surface area contributed by atoms with Gasteiger partial charge in [0, 0.05) is 5.56 Å². The van der Waals surface area contributed by atoms with Crippen LogP contribution in [0.15, 0.2) is 40.9 Å². The minimum Gasteiger partial charge on any atom is -0.480 e. The van der Waals surface area contributed by atoms with E-state index in [4.69, 9.17) is 9.52 Å². The molecule has 0 saturated heterocycles. The molecule has 1 aromatic heterocycles. The van der Waals surface area contributed by atoms with E-state index in [1.807, 2.05) is 37.3 Å². The fraction of sp³-hybridized carbons (Fsp3) is 0.333. The van der Waals surface area contributed by atoms with Crippen LogP contribution in [0, 0.1) is 0 Å². The standard InChI is InChI=1S/C15H18N2O3/c1-3-12(15(18)19)17(2)10-14-16-9-13(20-14)11-7-5-4-6-8-11/h4-9,12H,3,10H2,1-2H3,(H,18,19). The number of hydrogen-bond acceptors (Lipinski definition) is 4. The third kappa shape index (κ3) is 3.24. The maximum absolute atomic E-state index is 11.1. The molecule has 0 aliphatic rings. The molecule has 2 aromatic rings. The number of oxazole rings is 1. The smallest absolute Gasteiger partial charge is 0.320 e.